The van der Waals surface area contributed by atoms with Crippen LogP contribution in [-0.2, 0) is 9.53 Å². The summed E-state index contributed by atoms with van der Waals surface area (Å²) in [6, 6.07) is 0. The summed E-state index contributed by atoms with van der Waals surface area (Å²) >= 11 is 0. The summed E-state index contributed by atoms with van der Waals surface area (Å²) in [6.45, 7) is 5.73. The summed E-state index contributed by atoms with van der Waals surface area (Å²) in [6.07, 6.45) is -0.0543. The molecule has 0 aliphatic carbocycles. The SMILES string of the molecule is CC(C)C(C)OC(=O)NCC=O. The molecule has 0 fully saturated rings. The topological polar surface area (TPSA) is 55.4 Å². The molecular formula is C8H15NO3. The zero-order valence-corrected chi connectivity index (χ0v) is 7.66. The van der Waals surface area contributed by atoms with Gasteiger partial charge in [-0.1, -0.05) is 13.8 Å². The van der Waals surface area contributed by atoms with Gasteiger partial charge in [-0.05, 0) is 12.8 Å². The minimum absolute atomic E-state index is 0.00362. The second-order valence-corrected chi connectivity index (χ2v) is 2.90. The Morgan fingerprint density at radius 3 is 2.50 bits per heavy atom. The van der Waals surface area contributed by atoms with Crippen molar-refractivity contribution in [1.29, 1.82) is 0 Å². The van der Waals surface area contributed by atoms with Crippen LogP contribution >= 0.6 is 0 Å². The van der Waals surface area contributed by atoms with Crippen LogP contribution in [0.4, 0.5) is 4.79 Å². The van der Waals surface area contributed by atoms with Gasteiger partial charge >= 0.3 is 6.09 Å². The van der Waals surface area contributed by atoms with Crippen LogP contribution in [0.3, 0.4) is 0 Å². The third-order valence-electron chi connectivity index (χ3n) is 1.56. The van der Waals surface area contributed by atoms with Crippen LogP contribution < -0.4 is 5.32 Å². The molecule has 1 unspecified atom stereocenters. The van der Waals surface area contributed by atoms with Gasteiger partial charge in [-0.3, -0.25) is 0 Å². The second kappa shape index (κ2) is 5.57. The Bertz CT molecular complexity index is 156. The fourth-order valence-corrected chi connectivity index (χ4v) is 0.472. The van der Waals surface area contributed by atoms with Gasteiger partial charge in [-0.15, -0.1) is 0 Å². The number of hydrogen-bond donors (Lipinski definition) is 1. The minimum Gasteiger partial charge on any atom is -0.446 e. The molecule has 0 bridgehead atoms. The average molecular weight is 173 g/mol. The molecule has 1 atom stereocenters. The van der Waals surface area contributed by atoms with Crippen LogP contribution in [0.15, 0.2) is 0 Å². The maximum absolute atomic E-state index is 10.8. The monoisotopic (exact) mass is 173 g/mol. The van der Waals surface area contributed by atoms with Gasteiger partial charge in [0.2, 0.25) is 0 Å². The zero-order chi connectivity index (χ0) is 9.56. The second-order valence-electron chi connectivity index (χ2n) is 2.90. The van der Waals surface area contributed by atoms with Gasteiger partial charge in [0.25, 0.3) is 0 Å². The Labute approximate surface area is 72.3 Å². The number of amides is 1. The van der Waals surface area contributed by atoms with Crippen LogP contribution in [0, 0.1) is 5.92 Å². The molecule has 70 valence electrons. The molecule has 0 aromatic carbocycles. The summed E-state index contributed by atoms with van der Waals surface area (Å²) in [4.78, 5) is 20.7. The molecule has 4 nitrogen and oxygen atoms in total. The first kappa shape index (κ1) is 10.9. The highest BCUT2D eigenvalue weighted by molar-refractivity contribution is 5.70. The first-order valence-electron chi connectivity index (χ1n) is 3.96. The van der Waals surface area contributed by atoms with Gasteiger partial charge in [0.1, 0.15) is 12.4 Å². The molecule has 0 heterocycles. The average Bonchev–Trinajstić information content (AvgIpc) is 2.00. The van der Waals surface area contributed by atoms with Gasteiger partial charge in [-0.2, -0.15) is 0 Å². The van der Waals surface area contributed by atoms with Crippen molar-refractivity contribution in [2.45, 2.75) is 26.9 Å². The normalized spacial score (nSPS) is 12.3. The van der Waals surface area contributed by atoms with Crippen LogP contribution in [0.25, 0.3) is 0 Å². The lowest BCUT2D eigenvalue weighted by molar-refractivity contribution is -0.107. The van der Waals surface area contributed by atoms with Gasteiger partial charge in [-0.25, -0.2) is 4.79 Å². The van der Waals surface area contributed by atoms with Crippen molar-refractivity contribution in [2.24, 2.45) is 5.92 Å². The van der Waals surface area contributed by atoms with Crippen molar-refractivity contribution in [3.63, 3.8) is 0 Å². The predicted octanol–water partition coefficient (Wildman–Crippen LogP) is 0.956. The summed E-state index contributed by atoms with van der Waals surface area (Å²) in [5.41, 5.74) is 0. The highest BCUT2D eigenvalue weighted by Gasteiger charge is 2.11. The van der Waals surface area contributed by atoms with Gasteiger partial charge in [0.05, 0.1) is 6.54 Å². The smallest absolute Gasteiger partial charge is 0.407 e. The number of alkyl carbamates (subject to hydrolysis) is 1. The number of aldehydes is 1. The Morgan fingerprint density at radius 1 is 1.50 bits per heavy atom. The van der Waals surface area contributed by atoms with E-state index in [1.54, 1.807) is 0 Å². The number of rotatable bonds is 4. The van der Waals surface area contributed by atoms with E-state index in [4.69, 9.17) is 4.74 Å². The van der Waals surface area contributed by atoms with E-state index in [9.17, 15) is 9.59 Å². The number of carbonyl (C=O) groups is 2. The van der Waals surface area contributed by atoms with Crippen LogP contribution in [0.2, 0.25) is 0 Å². The number of hydrogen-bond acceptors (Lipinski definition) is 3. The molecule has 0 spiro atoms. The minimum atomic E-state index is -0.539. The summed E-state index contributed by atoms with van der Waals surface area (Å²) in [5.74, 6) is 0.284. The van der Waals surface area contributed by atoms with Crippen LogP contribution in [0.5, 0.6) is 0 Å². The molecule has 0 rings (SSSR count). The lowest BCUT2D eigenvalue weighted by Gasteiger charge is -2.16. The molecule has 0 aliphatic rings. The van der Waals surface area contributed by atoms with E-state index in [-0.39, 0.29) is 18.6 Å². The third-order valence-corrected chi connectivity index (χ3v) is 1.56. The van der Waals surface area contributed by atoms with Gasteiger partial charge in [0.15, 0.2) is 0 Å². The molecule has 0 aromatic heterocycles. The van der Waals surface area contributed by atoms with Crippen molar-refractivity contribution in [1.82, 2.24) is 5.32 Å². The van der Waals surface area contributed by atoms with Crippen LogP contribution in [-0.4, -0.2) is 25.0 Å². The van der Waals surface area contributed by atoms with E-state index in [1.807, 2.05) is 20.8 Å². The van der Waals surface area contributed by atoms with E-state index >= 15 is 0 Å². The molecule has 0 aliphatic heterocycles. The Morgan fingerprint density at radius 2 is 2.08 bits per heavy atom. The molecule has 1 N–H and O–H groups in total. The predicted molar refractivity (Wildman–Crippen MR) is 44.8 cm³/mol. The summed E-state index contributed by atoms with van der Waals surface area (Å²) in [7, 11) is 0. The molecule has 12 heavy (non-hydrogen) atoms. The maximum atomic E-state index is 10.8. The lowest BCUT2D eigenvalue weighted by atomic mass is 10.1. The van der Waals surface area contributed by atoms with E-state index in [2.05, 4.69) is 5.32 Å². The molecule has 0 saturated heterocycles. The van der Waals surface area contributed by atoms with Gasteiger partial charge in [0, 0.05) is 0 Å². The molecule has 0 radical (unpaired) electrons. The Kier molecular flexibility index (Phi) is 5.08. The van der Waals surface area contributed by atoms with Crippen molar-refractivity contribution >= 4 is 12.4 Å². The van der Waals surface area contributed by atoms with Crippen molar-refractivity contribution in [2.75, 3.05) is 6.54 Å². The molecule has 1 amide bonds. The number of ether oxygens (including phenoxy) is 1. The largest absolute Gasteiger partial charge is 0.446 e. The van der Waals surface area contributed by atoms with Crippen molar-refractivity contribution in [3.05, 3.63) is 0 Å². The fourth-order valence-electron chi connectivity index (χ4n) is 0.472. The zero-order valence-electron chi connectivity index (χ0n) is 7.66. The van der Waals surface area contributed by atoms with E-state index in [0.717, 1.165) is 0 Å². The summed E-state index contributed by atoms with van der Waals surface area (Å²) in [5, 5.41) is 2.29. The highest BCUT2D eigenvalue weighted by Crippen LogP contribution is 2.04. The quantitative estimate of drug-likeness (QED) is 0.644. The third kappa shape index (κ3) is 4.71. The van der Waals surface area contributed by atoms with E-state index in [1.165, 1.54) is 0 Å². The van der Waals surface area contributed by atoms with E-state index < -0.39 is 6.09 Å². The summed E-state index contributed by atoms with van der Waals surface area (Å²) < 4.78 is 4.90. The standard InChI is InChI=1S/C8H15NO3/c1-6(2)7(3)12-8(11)9-4-5-10/h5-7H,4H2,1-3H3,(H,9,11). The molecule has 0 aromatic rings. The first-order chi connectivity index (χ1) is 5.57. The van der Waals surface area contributed by atoms with Gasteiger partial charge < -0.3 is 14.8 Å². The van der Waals surface area contributed by atoms with E-state index in [0.29, 0.717) is 6.29 Å². The fraction of sp³-hybridized carbons (Fsp3) is 0.750. The maximum Gasteiger partial charge on any atom is 0.407 e. The number of nitrogens with one attached hydrogen (secondary N) is 1. The lowest BCUT2D eigenvalue weighted by Crippen LogP contribution is -2.30. The van der Waals surface area contributed by atoms with Crippen molar-refractivity contribution < 1.29 is 14.3 Å². The number of carbonyl (C=O) groups excluding carboxylic acids is 2. The Balaban J connectivity index is 3.61. The Hall–Kier alpha value is -1.06. The van der Waals surface area contributed by atoms with Crippen LogP contribution in [0.1, 0.15) is 20.8 Å². The van der Waals surface area contributed by atoms with Crippen molar-refractivity contribution in [3.8, 4) is 0 Å². The molecule has 0 saturated carbocycles. The highest BCUT2D eigenvalue weighted by atomic mass is 16.6. The first-order valence-corrected chi connectivity index (χ1v) is 3.96. The molecular weight excluding hydrogens is 158 g/mol. The molecule has 4 heteroatoms.